The Morgan fingerprint density at radius 3 is 1.67 bits per heavy atom. The fourth-order valence-electron chi connectivity index (χ4n) is 7.56. The van der Waals surface area contributed by atoms with E-state index in [9.17, 15) is 0 Å². The van der Waals surface area contributed by atoms with Crippen molar-refractivity contribution >= 4 is 32.3 Å². The van der Waals surface area contributed by atoms with Crippen LogP contribution < -0.4 is 0 Å². The maximum atomic E-state index is 5.25. The molecule has 0 spiro atoms. The molecule has 0 N–H and O–H groups in total. The summed E-state index contributed by atoms with van der Waals surface area (Å²) in [5.74, 6) is 0.693. The summed E-state index contributed by atoms with van der Waals surface area (Å²) >= 11 is 0. The van der Waals surface area contributed by atoms with Crippen molar-refractivity contribution in [1.29, 1.82) is 0 Å². The highest BCUT2D eigenvalue weighted by molar-refractivity contribution is 6.26. The minimum Gasteiger partial charge on any atom is -0.264 e. The van der Waals surface area contributed by atoms with Gasteiger partial charge in [-0.15, -0.1) is 0 Å². The average Bonchev–Trinajstić information content (AvgIpc) is 3.23. The van der Waals surface area contributed by atoms with Crippen LogP contribution in [0.15, 0.2) is 188 Å². The molecule has 0 saturated heterocycles. The monoisotopic (exact) mass is 661 g/mol. The first-order chi connectivity index (χ1) is 25.7. The van der Waals surface area contributed by atoms with Crippen LogP contribution in [0.3, 0.4) is 0 Å². The summed E-state index contributed by atoms with van der Waals surface area (Å²) in [7, 11) is 0. The Balaban J connectivity index is 1.20. The van der Waals surface area contributed by atoms with Crippen LogP contribution in [0, 0.1) is 0 Å². The van der Waals surface area contributed by atoms with Crippen LogP contribution in [0.25, 0.3) is 99.6 Å². The Morgan fingerprint density at radius 2 is 0.923 bits per heavy atom. The van der Waals surface area contributed by atoms with E-state index in [0.717, 1.165) is 55.9 Å². The lowest BCUT2D eigenvalue weighted by Gasteiger charge is -2.17. The van der Waals surface area contributed by atoms with Crippen molar-refractivity contribution in [3.05, 3.63) is 188 Å². The number of hydrogen-bond acceptors (Lipinski definition) is 3. The quantitative estimate of drug-likeness (QED) is 0.166. The smallest absolute Gasteiger partial charge is 0.160 e. The molecule has 8 aromatic carbocycles. The number of hydrogen-bond donors (Lipinski definition) is 0. The van der Waals surface area contributed by atoms with E-state index < -0.39 is 0 Å². The van der Waals surface area contributed by atoms with Gasteiger partial charge in [0.05, 0.1) is 11.4 Å². The molecule has 0 unspecified atom stereocenters. The second-order valence-corrected chi connectivity index (χ2v) is 13.3. The van der Waals surface area contributed by atoms with Crippen molar-refractivity contribution in [2.75, 3.05) is 0 Å². The molecule has 0 fully saturated rings. The van der Waals surface area contributed by atoms with Crippen LogP contribution in [0.2, 0.25) is 0 Å². The molecule has 242 valence electrons. The largest absolute Gasteiger partial charge is 0.264 e. The van der Waals surface area contributed by atoms with Gasteiger partial charge in [-0.3, -0.25) is 4.98 Å². The van der Waals surface area contributed by atoms with Gasteiger partial charge < -0.3 is 0 Å². The predicted octanol–water partition coefficient (Wildman–Crippen LogP) is 12.8. The van der Waals surface area contributed by atoms with Crippen LogP contribution in [-0.4, -0.2) is 15.0 Å². The van der Waals surface area contributed by atoms with Gasteiger partial charge in [0.2, 0.25) is 0 Å². The van der Waals surface area contributed by atoms with Gasteiger partial charge in [0.25, 0.3) is 0 Å². The minimum absolute atomic E-state index is 0.693. The third kappa shape index (κ3) is 5.28. The van der Waals surface area contributed by atoms with Crippen molar-refractivity contribution in [1.82, 2.24) is 15.0 Å². The molecule has 10 aromatic rings. The molecule has 0 aliphatic heterocycles. The van der Waals surface area contributed by atoms with Crippen molar-refractivity contribution in [2.24, 2.45) is 0 Å². The number of nitrogens with zero attached hydrogens (tertiary/aromatic N) is 3. The van der Waals surface area contributed by atoms with E-state index in [1.807, 2.05) is 30.5 Å². The summed E-state index contributed by atoms with van der Waals surface area (Å²) < 4.78 is 0. The summed E-state index contributed by atoms with van der Waals surface area (Å²) in [5.41, 5.74) is 11.6. The Bertz CT molecular complexity index is 2870. The van der Waals surface area contributed by atoms with E-state index in [1.54, 1.807) is 6.20 Å². The summed E-state index contributed by atoms with van der Waals surface area (Å²) in [6.45, 7) is 0. The molecule has 0 aliphatic carbocycles. The molecule has 10 rings (SSSR count). The lowest BCUT2D eigenvalue weighted by Crippen LogP contribution is -1.97. The number of benzene rings is 8. The maximum Gasteiger partial charge on any atom is 0.160 e. The molecule has 0 bridgehead atoms. The third-order valence-electron chi connectivity index (χ3n) is 10.1. The lowest BCUT2D eigenvalue weighted by molar-refractivity contribution is 1.18. The first-order valence-corrected chi connectivity index (χ1v) is 17.6. The zero-order chi connectivity index (χ0) is 34.4. The topological polar surface area (TPSA) is 38.7 Å². The second kappa shape index (κ2) is 12.4. The van der Waals surface area contributed by atoms with E-state index in [2.05, 4.69) is 157 Å². The van der Waals surface area contributed by atoms with Crippen LogP contribution in [0.1, 0.15) is 0 Å². The van der Waals surface area contributed by atoms with E-state index >= 15 is 0 Å². The number of rotatable bonds is 6. The molecule has 0 aliphatic rings. The van der Waals surface area contributed by atoms with Crippen LogP contribution in [-0.2, 0) is 0 Å². The molecule has 3 heteroatoms. The van der Waals surface area contributed by atoms with E-state index in [-0.39, 0.29) is 0 Å². The summed E-state index contributed by atoms with van der Waals surface area (Å²) in [6.07, 6.45) is 3.69. The second-order valence-electron chi connectivity index (χ2n) is 13.3. The Kier molecular flexibility index (Phi) is 7.14. The minimum atomic E-state index is 0.693. The molecule has 52 heavy (non-hydrogen) atoms. The van der Waals surface area contributed by atoms with Crippen LogP contribution in [0.5, 0.6) is 0 Å². The van der Waals surface area contributed by atoms with Crippen molar-refractivity contribution < 1.29 is 0 Å². The number of pyridine rings is 1. The predicted molar refractivity (Wildman–Crippen MR) is 216 cm³/mol. The molecule has 3 nitrogen and oxygen atoms in total. The highest BCUT2D eigenvalue weighted by atomic mass is 14.9. The fraction of sp³-hybridized carbons (Fsp3) is 0. The number of aromatic nitrogens is 3. The average molecular weight is 662 g/mol. The van der Waals surface area contributed by atoms with E-state index in [1.165, 1.54) is 37.9 Å². The summed E-state index contributed by atoms with van der Waals surface area (Å²) in [5, 5.41) is 7.65. The van der Waals surface area contributed by atoms with Gasteiger partial charge >= 0.3 is 0 Å². The van der Waals surface area contributed by atoms with Gasteiger partial charge in [-0.2, -0.15) is 0 Å². The van der Waals surface area contributed by atoms with E-state index in [4.69, 9.17) is 9.97 Å². The van der Waals surface area contributed by atoms with Gasteiger partial charge in [-0.25, -0.2) is 9.97 Å². The normalized spacial score (nSPS) is 11.5. The molecule has 0 radical (unpaired) electrons. The van der Waals surface area contributed by atoms with E-state index in [0.29, 0.717) is 5.82 Å². The van der Waals surface area contributed by atoms with Crippen LogP contribution >= 0.6 is 0 Å². The molecule has 2 heterocycles. The zero-order valence-corrected chi connectivity index (χ0v) is 28.2. The van der Waals surface area contributed by atoms with Gasteiger partial charge in [-0.05, 0) is 102 Å². The molecular formula is C49H31N3. The van der Waals surface area contributed by atoms with Gasteiger partial charge in [0.15, 0.2) is 5.82 Å². The first kappa shape index (κ1) is 29.9. The highest BCUT2D eigenvalue weighted by Crippen LogP contribution is 2.42. The van der Waals surface area contributed by atoms with Crippen molar-refractivity contribution in [3.63, 3.8) is 0 Å². The summed E-state index contributed by atoms with van der Waals surface area (Å²) in [6, 6.07) is 62.6. The standard InChI is InChI=1S/C49H31N3/c1-3-10-32(11-4-1)40-26-41(44-29-38-16-7-14-35-23-24-36-15-8-18-43(44)48(36)47(35)38)28-42(27-40)46-30-45(51-49(52-46)37-12-5-2-6-13-37)34-21-19-33(20-22-34)39-17-9-25-50-31-39/h1-31H. The SMILES string of the molecule is c1ccc(-c2cc(-c3cc(-c4ccc(-c5cccnc5)cc4)nc(-c4ccccc4)n3)cc(-c3cc4cccc5ccc6cccc3c6c54)c2)cc1. The Hall–Kier alpha value is -6.97. The third-order valence-corrected chi connectivity index (χ3v) is 10.1. The Labute approximate surface area is 301 Å². The van der Waals surface area contributed by atoms with Crippen LogP contribution in [0.4, 0.5) is 0 Å². The molecule has 0 atom stereocenters. The molecule has 0 saturated carbocycles. The van der Waals surface area contributed by atoms with Gasteiger partial charge in [0.1, 0.15) is 0 Å². The van der Waals surface area contributed by atoms with Gasteiger partial charge in [0, 0.05) is 29.1 Å². The summed E-state index contributed by atoms with van der Waals surface area (Å²) in [4.78, 5) is 14.7. The first-order valence-electron chi connectivity index (χ1n) is 17.6. The molecule has 0 amide bonds. The molecule has 2 aromatic heterocycles. The maximum absolute atomic E-state index is 5.25. The Morgan fingerprint density at radius 1 is 0.327 bits per heavy atom. The zero-order valence-electron chi connectivity index (χ0n) is 28.2. The lowest BCUT2D eigenvalue weighted by atomic mass is 9.87. The molecular weight excluding hydrogens is 631 g/mol. The van der Waals surface area contributed by atoms with Crippen molar-refractivity contribution in [3.8, 4) is 67.3 Å². The van der Waals surface area contributed by atoms with Gasteiger partial charge in [-0.1, -0.05) is 140 Å². The van der Waals surface area contributed by atoms with Crippen molar-refractivity contribution in [2.45, 2.75) is 0 Å². The fourth-order valence-corrected chi connectivity index (χ4v) is 7.56. The highest BCUT2D eigenvalue weighted by Gasteiger charge is 2.17.